The highest BCUT2D eigenvalue weighted by Gasteiger charge is 2.37. The van der Waals surface area contributed by atoms with Gasteiger partial charge in [-0.2, -0.15) is 10.4 Å². The van der Waals surface area contributed by atoms with Crippen molar-refractivity contribution in [3.63, 3.8) is 0 Å². The summed E-state index contributed by atoms with van der Waals surface area (Å²) in [5.41, 5.74) is 6.42. The minimum absolute atomic E-state index is 0.332. The van der Waals surface area contributed by atoms with E-state index in [9.17, 15) is 10.4 Å². The summed E-state index contributed by atoms with van der Waals surface area (Å²) in [7, 11) is 0. The summed E-state index contributed by atoms with van der Waals surface area (Å²) < 4.78 is 1.95. The summed E-state index contributed by atoms with van der Waals surface area (Å²) in [5.74, 6) is 0. The molecule has 2 heterocycles. The van der Waals surface area contributed by atoms with Gasteiger partial charge in [-0.3, -0.25) is 4.68 Å². The number of aromatic nitrogens is 2. The predicted molar refractivity (Wildman–Crippen MR) is 112 cm³/mol. The summed E-state index contributed by atoms with van der Waals surface area (Å²) in [6.07, 6.45) is 0.660. The van der Waals surface area contributed by atoms with E-state index in [-0.39, 0.29) is 6.04 Å². The van der Waals surface area contributed by atoms with Crippen LogP contribution >= 0.6 is 23.2 Å². The van der Waals surface area contributed by atoms with Crippen LogP contribution in [0.15, 0.2) is 36.4 Å². The zero-order chi connectivity index (χ0) is 20.1. The topological polar surface area (TPSA) is 73.9 Å². The standard InChI is InChI=1S/C22H18Cl2N4O/c23-14-7-16-15(18(24)8-14)9-20(29)22(16)28-19-4-5-26-11-17(19)21(27-28)13-3-1-2-12(6-13)10-25/h1-3,6-8,20,22,26,29H,4-5,9,11H2/t20-,22-/m1/s1. The predicted octanol–water partition coefficient (Wildman–Crippen LogP) is 3.88. The molecule has 7 heteroatoms. The Morgan fingerprint density at radius 1 is 1.21 bits per heavy atom. The quantitative estimate of drug-likeness (QED) is 0.654. The first-order chi connectivity index (χ1) is 14.1. The number of nitriles is 1. The van der Waals surface area contributed by atoms with Gasteiger partial charge in [0.25, 0.3) is 0 Å². The van der Waals surface area contributed by atoms with Crippen molar-refractivity contribution < 1.29 is 5.11 Å². The molecule has 0 spiro atoms. The van der Waals surface area contributed by atoms with Gasteiger partial charge in [0.1, 0.15) is 6.04 Å². The minimum Gasteiger partial charge on any atom is -0.390 e. The van der Waals surface area contributed by atoms with Crippen molar-refractivity contribution in [1.82, 2.24) is 15.1 Å². The lowest BCUT2D eigenvalue weighted by Gasteiger charge is -2.22. The van der Waals surface area contributed by atoms with E-state index in [0.717, 1.165) is 46.6 Å². The molecule has 0 amide bonds. The number of nitrogens with one attached hydrogen (secondary N) is 1. The zero-order valence-corrected chi connectivity index (χ0v) is 17.0. The SMILES string of the molecule is N#Cc1cccc(-c2nn([C@@H]3c4cc(Cl)cc(Cl)c4C[C@H]3O)c3c2CNCC3)c1. The zero-order valence-electron chi connectivity index (χ0n) is 15.5. The van der Waals surface area contributed by atoms with Crippen molar-refractivity contribution in [3.8, 4) is 17.3 Å². The number of benzene rings is 2. The van der Waals surface area contributed by atoms with Gasteiger partial charge in [0.2, 0.25) is 0 Å². The van der Waals surface area contributed by atoms with Gasteiger partial charge in [-0.1, -0.05) is 35.3 Å². The molecule has 146 valence electrons. The Labute approximate surface area is 178 Å². The molecule has 0 saturated heterocycles. The molecule has 2 atom stereocenters. The van der Waals surface area contributed by atoms with Gasteiger partial charge in [-0.05, 0) is 35.4 Å². The lowest BCUT2D eigenvalue weighted by Crippen LogP contribution is -2.29. The van der Waals surface area contributed by atoms with E-state index < -0.39 is 6.10 Å². The Kier molecular flexibility index (Phi) is 4.60. The molecule has 3 aromatic rings. The molecule has 5 nitrogen and oxygen atoms in total. The fourth-order valence-corrected chi connectivity index (χ4v) is 5.08. The maximum absolute atomic E-state index is 10.9. The lowest BCUT2D eigenvalue weighted by atomic mass is 10.00. The van der Waals surface area contributed by atoms with Gasteiger partial charge >= 0.3 is 0 Å². The van der Waals surface area contributed by atoms with Gasteiger partial charge in [-0.15, -0.1) is 0 Å². The number of nitrogens with zero attached hydrogens (tertiary/aromatic N) is 3. The van der Waals surface area contributed by atoms with Gasteiger partial charge in [-0.25, -0.2) is 0 Å². The number of rotatable bonds is 2. The molecule has 1 aliphatic heterocycles. The number of halogens is 2. The lowest BCUT2D eigenvalue weighted by molar-refractivity contribution is 0.137. The summed E-state index contributed by atoms with van der Waals surface area (Å²) in [6, 6.07) is 12.9. The van der Waals surface area contributed by atoms with Crippen LogP contribution in [0.25, 0.3) is 11.3 Å². The van der Waals surface area contributed by atoms with Crippen LogP contribution in [-0.2, 0) is 19.4 Å². The number of fused-ring (bicyclic) bond motifs is 2. The van der Waals surface area contributed by atoms with Crippen LogP contribution in [-0.4, -0.2) is 27.5 Å². The van der Waals surface area contributed by atoms with Crippen LogP contribution in [0.4, 0.5) is 0 Å². The second-order valence-corrected chi connectivity index (χ2v) is 8.35. The molecule has 0 saturated carbocycles. The average molecular weight is 425 g/mol. The van der Waals surface area contributed by atoms with Crippen LogP contribution < -0.4 is 5.32 Å². The molecule has 0 fully saturated rings. The minimum atomic E-state index is -0.627. The summed E-state index contributed by atoms with van der Waals surface area (Å²) in [4.78, 5) is 0. The second kappa shape index (κ2) is 7.16. The van der Waals surface area contributed by atoms with Crippen molar-refractivity contribution in [2.75, 3.05) is 6.54 Å². The van der Waals surface area contributed by atoms with Crippen LogP contribution in [0.2, 0.25) is 10.0 Å². The number of hydrogen-bond acceptors (Lipinski definition) is 4. The molecule has 2 N–H and O–H groups in total. The summed E-state index contributed by atoms with van der Waals surface area (Å²) in [5, 5.41) is 29.7. The molecule has 0 radical (unpaired) electrons. The fourth-order valence-electron chi connectivity index (χ4n) is 4.50. The van der Waals surface area contributed by atoms with Gasteiger partial charge in [0, 0.05) is 52.8 Å². The van der Waals surface area contributed by atoms with E-state index in [2.05, 4.69) is 11.4 Å². The first kappa shape index (κ1) is 18.7. The van der Waals surface area contributed by atoms with Crippen molar-refractivity contribution in [2.24, 2.45) is 0 Å². The molecule has 2 aliphatic rings. The Morgan fingerprint density at radius 3 is 2.90 bits per heavy atom. The number of aliphatic hydroxyl groups is 1. The molecular formula is C22H18Cl2N4O. The molecule has 5 rings (SSSR count). The summed E-state index contributed by atoms with van der Waals surface area (Å²) >= 11 is 12.7. The van der Waals surface area contributed by atoms with Crippen molar-refractivity contribution in [1.29, 1.82) is 5.26 Å². The molecule has 0 bridgehead atoms. The largest absolute Gasteiger partial charge is 0.390 e. The third-order valence-corrected chi connectivity index (χ3v) is 6.33. The van der Waals surface area contributed by atoms with E-state index in [1.54, 1.807) is 12.1 Å². The van der Waals surface area contributed by atoms with Gasteiger partial charge in [0.05, 0.1) is 23.4 Å². The monoisotopic (exact) mass is 424 g/mol. The van der Waals surface area contributed by atoms with Crippen molar-refractivity contribution in [3.05, 3.63) is 74.4 Å². The third kappa shape index (κ3) is 3.04. The van der Waals surface area contributed by atoms with E-state index >= 15 is 0 Å². The first-order valence-electron chi connectivity index (χ1n) is 9.54. The second-order valence-electron chi connectivity index (χ2n) is 7.51. The van der Waals surface area contributed by atoms with E-state index in [1.807, 2.05) is 28.9 Å². The molecule has 0 unspecified atom stereocenters. The highest BCUT2D eigenvalue weighted by atomic mass is 35.5. The third-order valence-electron chi connectivity index (χ3n) is 5.78. The van der Waals surface area contributed by atoms with E-state index in [1.165, 1.54) is 0 Å². The van der Waals surface area contributed by atoms with Crippen LogP contribution in [0.5, 0.6) is 0 Å². The average Bonchev–Trinajstić information content (AvgIpc) is 3.25. The maximum atomic E-state index is 10.9. The normalized spacial score (nSPS) is 20.2. The van der Waals surface area contributed by atoms with Crippen LogP contribution in [0.1, 0.15) is 34.0 Å². The molecule has 1 aromatic heterocycles. The number of aliphatic hydroxyl groups excluding tert-OH is 1. The van der Waals surface area contributed by atoms with Gasteiger partial charge < -0.3 is 10.4 Å². The molecular weight excluding hydrogens is 407 g/mol. The number of hydrogen-bond donors (Lipinski definition) is 2. The maximum Gasteiger partial charge on any atom is 0.104 e. The smallest absolute Gasteiger partial charge is 0.104 e. The molecule has 1 aliphatic carbocycles. The van der Waals surface area contributed by atoms with Crippen molar-refractivity contribution >= 4 is 23.2 Å². The van der Waals surface area contributed by atoms with Crippen LogP contribution in [0.3, 0.4) is 0 Å². The molecule has 2 aromatic carbocycles. The Bertz CT molecular complexity index is 1160. The van der Waals surface area contributed by atoms with Crippen molar-refractivity contribution in [2.45, 2.75) is 31.5 Å². The van der Waals surface area contributed by atoms with Gasteiger partial charge in [0.15, 0.2) is 0 Å². The highest BCUT2D eigenvalue weighted by molar-refractivity contribution is 6.35. The van der Waals surface area contributed by atoms with Crippen LogP contribution in [0, 0.1) is 11.3 Å². The van der Waals surface area contributed by atoms with E-state index in [0.29, 0.717) is 28.6 Å². The molecule has 29 heavy (non-hydrogen) atoms. The Balaban J connectivity index is 1.70. The fraction of sp³-hybridized carbons (Fsp3) is 0.273. The Morgan fingerprint density at radius 2 is 2.07 bits per heavy atom. The summed E-state index contributed by atoms with van der Waals surface area (Å²) in [6.45, 7) is 1.55. The first-order valence-corrected chi connectivity index (χ1v) is 10.3. The Hall–Kier alpha value is -2.36. The van der Waals surface area contributed by atoms with E-state index in [4.69, 9.17) is 28.3 Å². The highest BCUT2D eigenvalue weighted by Crippen LogP contribution is 2.42.